The highest BCUT2D eigenvalue weighted by Crippen LogP contribution is 2.40. The molecule has 1 aromatic carbocycles. The molecule has 1 aromatic heterocycles. The van der Waals surface area contributed by atoms with Crippen molar-refractivity contribution < 1.29 is 9.90 Å². The summed E-state index contributed by atoms with van der Waals surface area (Å²) in [5.41, 5.74) is 1.98. The van der Waals surface area contributed by atoms with E-state index in [0.29, 0.717) is 13.1 Å². The second-order valence-electron chi connectivity index (χ2n) is 8.00. The lowest BCUT2D eigenvalue weighted by Gasteiger charge is -2.28. The molecule has 25 heavy (non-hydrogen) atoms. The van der Waals surface area contributed by atoms with Crippen molar-refractivity contribution in [3.05, 3.63) is 42.1 Å². The predicted octanol–water partition coefficient (Wildman–Crippen LogP) is 3.18. The number of hydrogen-bond acceptors (Lipinski definition) is 3. The van der Waals surface area contributed by atoms with E-state index in [-0.39, 0.29) is 17.2 Å². The number of likely N-dealkylation sites (tertiary alicyclic amines) is 1. The topological polar surface area (TPSA) is 53.4 Å². The number of β-amino-alcohol motifs (C(OH)–C–C–N with tert-alkyl or cyclic N) is 1. The SMILES string of the molecule is CC1(C(=O)N2C[C@@H](Cc3ccnc4ccccc34)[C@H](O)C2)CCCC1. The Bertz CT molecular complexity index is 777. The van der Waals surface area contributed by atoms with Crippen LogP contribution >= 0.6 is 0 Å². The molecule has 1 N–H and O–H groups in total. The second-order valence-corrected chi connectivity index (χ2v) is 8.00. The predicted molar refractivity (Wildman–Crippen MR) is 98.1 cm³/mol. The summed E-state index contributed by atoms with van der Waals surface area (Å²) in [5.74, 6) is 0.339. The Morgan fingerprint density at radius 3 is 2.80 bits per heavy atom. The van der Waals surface area contributed by atoms with E-state index in [0.717, 1.165) is 43.0 Å². The summed E-state index contributed by atoms with van der Waals surface area (Å²) >= 11 is 0. The Kier molecular flexibility index (Phi) is 4.24. The molecule has 1 saturated carbocycles. The van der Waals surface area contributed by atoms with E-state index >= 15 is 0 Å². The number of aromatic nitrogens is 1. The van der Waals surface area contributed by atoms with Gasteiger partial charge in [0, 0.05) is 36.0 Å². The molecule has 2 aromatic rings. The van der Waals surface area contributed by atoms with Gasteiger partial charge in [-0.2, -0.15) is 0 Å². The van der Waals surface area contributed by atoms with Crippen molar-refractivity contribution in [3.8, 4) is 0 Å². The average molecular weight is 338 g/mol. The molecule has 2 heterocycles. The molecule has 0 radical (unpaired) electrons. The summed E-state index contributed by atoms with van der Waals surface area (Å²) in [6, 6.07) is 10.2. The maximum atomic E-state index is 12.9. The van der Waals surface area contributed by atoms with Gasteiger partial charge in [-0.25, -0.2) is 0 Å². The van der Waals surface area contributed by atoms with Gasteiger partial charge >= 0.3 is 0 Å². The molecule has 1 amide bonds. The van der Waals surface area contributed by atoms with E-state index in [4.69, 9.17) is 0 Å². The molecule has 1 saturated heterocycles. The summed E-state index contributed by atoms with van der Waals surface area (Å²) < 4.78 is 0. The lowest BCUT2D eigenvalue weighted by Crippen LogP contribution is -2.40. The summed E-state index contributed by atoms with van der Waals surface area (Å²) in [4.78, 5) is 19.2. The van der Waals surface area contributed by atoms with E-state index in [1.54, 1.807) is 0 Å². The van der Waals surface area contributed by atoms with Crippen LogP contribution in [0.1, 0.15) is 38.2 Å². The lowest BCUT2D eigenvalue weighted by atomic mass is 9.87. The Hall–Kier alpha value is -1.94. The van der Waals surface area contributed by atoms with Gasteiger partial charge in [0.25, 0.3) is 0 Å². The summed E-state index contributed by atoms with van der Waals surface area (Å²) in [5, 5.41) is 11.7. The average Bonchev–Trinajstić information content (AvgIpc) is 3.22. The van der Waals surface area contributed by atoms with Crippen molar-refractivity contribution in [3.63, 3.8) is 0 Å². The third-order valence-electron chi connectivity index (χ3n) is 6.14. The number of nitrogens with zero attached hydrogens (tertiary/aromatic N) is 2. The number of pyridine rings is 1. The minimum absolute atomic E-state index is 0.0970. The van der Waals surface area contributed by atoms with Gasteiger partial charge in [0.15, 0.2) is 0 Å². The number of carbonyl (C=O) groups excluding carboxylic acids is 1. The first kappa shape index (κ1) is 16.5. The van der Waals surface area contributed by atoms with Crippen LogP contribution in [0.2, 0.25) is 0 Å². The highest BCUT2D eigenvalue weighted by atomic mass is 16.3. The molecule has 132 valence electrons. The van der Waals surface area contributed by atoms with Crippen molar-refractivity contribution in [1.29, 1.82) is 0 Å². The molecule has 1 aliphatic carbocycles. The molecule has 4 heteroatoms. The molecule has 1 aliphatic heterocycles. The standard InChI is InChI=1S/C21H26N2O2/c1-21(9-4-5-10-21)20(25)23-13-16(19(24)14-23)12-15-8-11-22-18-7-3-2-6-17(15)18/h2-3,6-8,11,16,19,24H,4-5,9-10,12-14H2,1H3/t16-,19-/m1/s1. The van der Waals surface area contributed by atoms with Gasteiger partial charge in [0.05, 0.1) is 11.6 Å². The maximum Gasteiger partial charge on any atom is 0.228 e. The first-order chi connectivity index (χ1) is 12.1. The molecule has 0 unspecified atom stereocenters. The number of fused-ring (bicyclic) bond motifs is 1. The summed E-state index contributed by atoms with van der Waals surface area (Å²) in [7, 11) is 0. The molecule has 2 fully saturated rings. The van der Waals surface area contributed by atoms with Crippen LogP contribution in [0.15, 0.2) is 36.5 Å². The van der Waals surface area contributed by atoms with Crippen molar-refractivity contribution >= 4 is 16.8 Å². The number of benzene rings is 1. The van der Waals surface area contributed by atoms with E-state index in [1.807, 2.05) is 35.4 Å². The summed E-state index contributed by atoms with van der Waals surface area (Å²) in [6.45, 7) is 3.23. The molecule has 2 aliphatic rings. The van der Waals surface area contributed by atoms with Gasteiger partial charge in [-0.1, -0.05) is 38.0 Å². The molecule has 0 spiro atoms. The monoisotopic (exact) mass is 338 g/mol. The van der Waals surface area contributed by atoms with Crippen molar-refractivity contribution in [2.24, 2.45) is 11.3 Å². The Morgan fingerprint density at radius 2 is 2.00 bits per heavy atom. The van der Waals surface area contributed by atoms with Crippen molar-refractivity contribution in [2.75, 3.05) is 13.1 Å². The number of aliphatic hydroxyl groups excluding tert-OH is 1. The Balaban J connectivity index is 1.51. The fourth-order valence-corrected chi connectivity index (χ4v) is 4.59. The normalized spacial score (nSPS) is 25.6. The minimum atomic E-state index is -0.444. The van der Waals surface area contributed by atoms with Gasteiger partial charge in [0.1, 0.15) is 0 Å². The van der Waals surface area contributed by atoms with Crippen LogP contribution in [0, 0.1) is 11.3 Å². The number of aliphatic hydroxyl groups is 1. The molecule has 4 rings (SSSR count). The molecular formula is C21H26N2O2. The Labute approximate surface area is 148 Å². The molecule has 0 bridgehead atoms. The van der Waals surface area contributed by atoms with E-state index in [1.165, 1.54) is 5.56 Å². The number of hydrogen-bond donors (Lipinski definition) is 1. The van der Waals surface area contributed by atoms with E-state index < -0.39 is 6.10 Å². The fourth-order valence-electron chi connectivity index (χ4n) is 4.59. The van der Waals surface area contributed by atoms with Crippen molar-refractivity contribution in [2.45, 2.75) is 45.1 Å². The van der Waals surface area contributed by atoms with Crippen LogP contribution in [0.25, 0.3) is 10.9 Å². The maximum absolute atomic E-state index is 12.9. The number of rotatable bonds is 3. The van der Waals surface area contributed by atoms with Gasteiger partial charge in [-0.15, -0.1) is 0 Å². The minimum Gasteiger partial charge on any atom is -0.391 e. The lowest BCUT2D eigenvalue weighted by molar-refractivity contribution is -0.140. The molecular weight excluding hydrogens is 312 g/mol. The highest BCUT2D eigenvalue weighted by Gasteiger charge is 2.43. The van der Waals surface area contributed by atoms with Crippen LogP contribution in [0.4, 0.5) is 0 Å². The third-order valence-corrected chi connectivity index (χ3v) is 6.14. The second kappa shape index (κ2) is 6.41. The van der Waals surface area contributed by atoms with Gasteiger partial charge in [-0.05, 0) is 37.0 Å². The molecule has 2 atom stereocenters. The van der Waals surface area contributed by atoms with Crippen LogP contribution in [0.5, 0.6) is 0 Å². The van der Waals surface area contributed by atoms with E-state index in [9.17, 15) is 9.90 Å². The zero-order valence-corrected chi connectivity index (χ0v) is 14.8. The fraction of sp³-hybridized carbons (Fsp3) is 0.524. The van der Waals surface area contributed by atoms with Crippen LogP contribution in [-0.4, -0.2) is 40.1 Å². The van der Waals surface area contributed by atoms with Crippen LogP contribution < -0.4 is 0 Å². The number of carbonyl (C=O) groups is 1. The quantitative estimate of drug-likeness (QED) is 0.935. The highest BCUT2D eigenvalue weighted by molar-refractivity contribution is 5.83. The Morgan fingerprint density at radius 1 is 1.24 bits per heavy atom. The zero-order chi connectivity index (χ0) is 17.4. The third kappa shape index (κ3) is 3.04. The number of para-hydroxylation sites is 1. The molecule has 4 nitrogen and oxygen atoms in total. The van der Waals surface area contributed by atoms with Crippen molar-refractivity contribution in [1.82, 2.24) is 9.88 Å². The van der Waals surface area contributed by atoms with Crippen LogP contribution in [-0.2, 0) is 11.2 Å². The van der Waals surface area contributed by atoms with Crippen LogP contribution in [0.3, 0.4) is 0 Å². The smallest absolute Gasteiger partial charge is 0.228 e. The first-order valence-corrected chi connectivity index (χ1v) is 9.37. The van der Waals surface area contributed by atoms with Gasteiger partial charge < -0.3 is 10.0 Å². The number of amides is 1. The zero-order valence-electron chi connectivity index (χ0n) is 14.8. The summed E-state index contributed by atoms with van der Waals surface area (Å²) in [6.07, 6.45) is 6.43. The van der Waals surface area contributed by atoms with Gasteiger partial charge in [0.2, 0.25) is 5.91 Å². The largest absolute Gasteiger partial charge is 0.391 e. The first-order valence-electron chi connectivity index (χ1n) is 9.37. The van der Waals surface area contributed by atoms with E-state index in [2.05, 4.69) is 18.0 Å². The van der Waals surface area contributed by atoms with Gasteiger partial charge in [-0.3, -0.25) is 9.78 Å².